The molecule has 90 valence electrons. The van der Waals surface area contributed by atoms with Gasteiger partial charge in [0.25, 0.3) is 0 Å². The molecule has 0 saturated carbocycles. The molecule has 0 aromatic carbocycles. The average Bonchev–Trinajstić information content (AvgIpc) is 2.60. The van der Waals surface area contributed by atoms with Crippen molar-refractivity contribution in [2.24, 2.45) is 7.05 Å². The van der Waals surface area contributed by atoms with Gasteiger partial charge in [0.05, 0.1) is 6.61 Å². The van der Waals surface area contributed by atoms with Crippen molar-refractivity contribution in [1.29, 1.82) is 0 Å². The van der Waals surface area contributed by atoms with Crippen LogP contribution in [-0.4, -0.2) is 34.4 Å². The monoisotopic (exact) mass is 226 g/mol. The lowest BCUT2D eigenvalue weighted by Crippen LogP contribution is -2.34. The Morgan fingerprint density at radius 1 is 1.50 bits per heavy atom. The number of esters is 1. The Morgan fingerprint density at radius 3 is 2.56 bits per heavy atom. The second-order valence-corrected chi connectivity index (χ2v) is 4.00. The predicted molar refractivity (Wildman–Crippen MR) is 60.2 cm³/mol. The number of nitrogens with zero attached hydrogens (tertiary/aromatic N) is 3. The molecule has 0 fully saturated rings. The van der Waals surface area contributed by atoms with Crippen LogP contribution in [-0.2, 0) is 22.0 Å². The summed E-state index contributed by atoms with van der Waals surface area (Å²) >= 11 is 0. The zero-order chi connectivity index (χ0) is 12.3. The molecule has 0 atom stereocenters. The predicted octanol–water partition coefficient (Wildman–Crippen LogP) is 0.697. The topological polar surface area (TPSA) is 69.0 Å². The Kier molecular flexibility index (Phi) is 3.51. The Bertz CT molecular complexity index is 384. The molecule has 0 radical (unpaired) electrons. The van der Waals surface area contributed by atoms with Crippen LogP contribution in [0.25, 0.3) is 0 Å². The minimum atomic E-state index is -0.799. The van der Waals surface area contributed by atoms with E-state index in [1.165, 1.54) is 0 Å². The molecular formula is C10H18N4O2. The maximum Gasteiger partial charge on any atom is 0.319 e. The van der Waals surface area contributed by atoms with Crippen LogP contribution in [0.4, 0.5) is 5.95 Å². The van der Waals surface area contributed by atoms with Crippen molar-refractivity contribution in [2.75, 3.05) is 19.0 Å². The van der Waals surface area contributed by atoms with Crippen molar-refractivity contribution in [3.8, 4) is 0 Å². The molecule has 6 heteroatoms. The van der Waals surface area contributed by atoms with Gasteiger partial charge in [-0.1, -0.05) is 0 Å². The van der Waals surface area contributed by atoms with E-state index in [9.17, 15) is 4.79 Å². The van der Waals surface area contributed by atoms with Crippen LogP contribution in [0.3, 0.4) is 0 Å². The standard InChI is InChI=1S/C10H18N4O2/c1-6-16-8(15)10(2,3)7-12-13-9(11-4)14(7)5/h6H2,1-5H3,(H,11,13). The van der Waals surface area contributed by atoms with Gasteiger partial charge in [0, 0.05) is 14.1 Å². The molecule has 1 rings (SSSR count). The molecule has 0 spiro atoms. The van der Waals surface area contributed by atoms with Gasteiger partial charge in [-0.05, 0) is 20.8 Å². The second-order valence-electron chi connectivity index (χ2n) is 4.00. The van der Waals surface area contributed by atoms with E-state index in [4.69, 9.17) is 4.74 Å². The van der Waals surface area contributed by atoms with E-state index >= 15 is 0 Å². The maximum atomic E-state index is 11.8. The number of rotatable bonds is 4. The zero-order valence-corrected chi connectivity index (χ0v) is 10.4. The van der Waals surface area contributed by atoms with Gasteiger partial charge in [0.1, 0.15) is 5.41 Å². The lowest BCUT2D eigenvalue weighted by Gasteiger charge is -2.21. The molecule has 0 aliphatic carbocycles. The average molecular weight is 226 g/mol. The SMILES string of the molecule is CCOC(=O)C(C)(C)c1nnc(NC)n1C. The molecule has 16 heavy (non-hydrogen) atoms. The van der Waals surface area contributed by atoms with E-state index in [0.29, 0.717) is 18.4 Å². The number of carbonyl (C=O) groups is 1. The fourth-order valence-electron chi connectivity index (χ4n) is 1.49. The van der Waals surface area contributed by atoms with Crippen molar-refractivity contribution in [2.45, 2.75) is 26.2 Å². The van der Waals surface area contributed by atoms with Gasteiger partial charge in [-0.15, -0.1) is 10.2 Å². The molecule has 1 aromatic rings. The van der Waals surface area contributed by atoms with Crippen LogP contribution in [0.1, 0.15) is 26.6 Å². The second kappa shape index (κ2) is 4.51. The van der Waals surface area contributed by atoms with Gasteiger partial charge < -0.3 is 10.1 Å². The minimum Gasteiger partial charge on any atom is -0.465 e. The highest BCUT2D eigenvalue weighted by Gasteiger charge is 2.36. The van der Waals surface area contributed by atoms with E-state index in [-0.39, 0.29) is 5.97 Å². The summed E-state index contributed by atoms with van der Waals surface area (Å²) < 4.78 is 6.77. The molecule has 1 aromatic heterocycles. The lowest BCUT2D eigenvalue weighted by molar-refractivity contribution is -0.149. The highest BCUT2D eigenvalue weighted by molar-refractivity contribution is 5.81. The third-order valence-corrected chi connectivity index (χ3v) is 2.44. The molecule has 0 aliphatic heterocycles. The highest BCUT2D eigenvalue weighted by atomic mass is 16.5. The van der Waals surface area contributed by atoms with E-state index in [0.717, 1.165) is 0 Å². The van der Waals surface area contributed by atoms with Crippen LogP contribution < -0.4 is 5.32 Å². The van der Waals surface area contributed by atoms with Gasteiger partial charge in [-0.2, -0.15) is 0 Å². The normalized spacial score (nSPS) is 11.3. The summed E-state index contributed by atoms with van der Waals surface area (Å²) in [5.74, 6) is 0.899. The number of carbonyl (C=O) groups excluding carboxylic acids is 1. The number of hydrogen-bond donors (Lipinski definition) is 1. The van der Waals surface area contributed by atoms with Crippen LogP contribution in [0.5, 0.6) is 0 Å². The summed E-state index contributed by atoms with van der Waals surface area (Å²) in [4.78, 5) is 11.8. The van der Waals surface area contributed by atoms with Crippen LogP contribution >= 0.6 is 0 Å². The van der Waals surface area contributed by atoms with Crippen molar-refractivity contribution >= 4 is 11.9 Å². The fraction of sp³-hybridized carbons (Fsp3) is 0.700. The summed E-state index contributed by atoms with van der Waals surface area (Å²) in [7, 11) is 3.56. The Balaban J connectivity index is 3.06. The van der Waals surface area contributed by atoms with Crippen molar-refractivity contribution in [3.63, 3.8) is 0 Å². The van der Waals surface area contributed by atoms with Crippen LogP contribution in [0.2, 0.25) is 0 Å². The zero-order valence-electron chi connectivity index (χ0n) is 10.4. The number of ether oxygens (including phenoxy) is 1. The third kappa shape index (κ3) is 2.00. The first kappa shape index (κ1) is 12.5. The number of nitrogens with one attached hydrogen (secondary N) is 1. The summed E-state index contributed by atoms with van der Waals surface area (Å²) in [6.45, 7) is 5.69. The first-order chi connectivity index (χ1) is 7.45. The molecule has 1 heterocycles. The molecule has 1 N–H and O–H groups in total. The molecule has 0 bridgehead atoms. The molecular weight excluding hydrogens is 208 g/mol. The largest absolute Gasteiger partial charge is 0.465 e. The maximum absolute atomic E-state index is 11.8. The quantitative estimate of drug-likeness (QED) is 0.765. The number of hydrogen-bond acceptors (Lipinski definition) is 5. The van der Waals surface area contributed by atoms with Gasteiger partial charge in [-0.25, -0.2) is 0 Å². The van der Waals surface area contributed by atoms with E-state index < -0.39 is 5.41 Å². The number of anilines is 1. The van der Waals surface area contributed by atoms with E-state index in [2.05, 4.69) is 15.5 Å². The minimum absolute atomic E-state index is 0.298. The molecule has 0 saturated heterocycles. The first-order valence-electron chi connectivity index (χ1n) is 5.20. The van der Waals surface area contributed by atoms with Crippen molar-refractivity contribution in [3.05, 3.63) is 5.82 Å². The first-order valence-corrected chi connectivity index (χ1v) is 5.20. The third-order valence-electron chi connectivity index (χ3n) is 2.44. The Hall–Kier alpha value is -1.59. The van der Waals surface area contributed by atoms with Gasteiger partial charge in [0.2, 0.25) is 5.95 Å². The summed E-state index contributed by atoms with van der Waals surface area (Å²) in [6, 6.07) is 0. The van der Waals surface area contributed by atoms with E-state index in [1.54, 1.807) is 32.4 Å². The summed E-state index contributed by atoms with van der Waals surface area (Å²) in [5, 5.41) is 10.8. The Morgan fingerprint density at radius 2 is 2.12 bits per heavy atom. The van der Waals surface area contributed by atoms with E-state index in [1.807, 2.05) is 7.05 Å². The Labute approximate surface area is 95.0 Å². The van der Waals surface area contributed by atoms with Crippen LogP contribution in [0, 0.1) is 0 Å². The van der Waals surface area contributed by atoms with Crippen molar-refractivity contribution < 1.29 is 9.53 Å². The van der Waals surface area contributed by atoms with Crippen molar-refractivity contribution in [1.82, 2.24) is 14.8 Å². The highest BCUT2D eigenvalue weighted by Crippen LogP contribution is 2.24. The van der Waals surface area contributed by atoms with Gasteiger partial charge in [-0.3, -0.25) is 9.36 Å². The number of aromatic nitrogens is 3. The lowest BCUT2D eigenvalue weighted by atomic mass is 9.92. The molecule has 0 unspecified atom stereocenters. The molecule has 6 nitrogen and oxygen atoms in total. The molecule has 0 aliphatic rings. The summed E-state index contributed by atoms with van der Waals surface area (Å²) in [6.07, 6.45) is 0. The smallest absolute Gasteiger partial charge is 0.319 e. The van der Waals surface area contributed by atoms with Crippen LogP contribution in [0.15, 0.2) is 0 Å². The van der Waals surface area contributed by atoms with Gasteiger partial charge >= 0.3 is 5.97 Å². The van der Waals surface area contributed by atoms with Gasteiger partial charge in [0.15, 0.2) is 5.82 Å². The fourth-order valence-corrected chi connectivity index (χ4v) is 1.49. The summed E-state index contributed by atoms with van der Waals surface area (Å²) in [5.41, 5.74) is -0.799. The molecule has 0 amide bonds.